The van der Waals surface area contributed by atoms with Crippen molar-refractivity contribution in [3.8, 4) is 0 Å². The minimum absolute atomic E-state index is 0.0423. The van der Waals surface area contributed by atoms with Gasteiger partial charge in [-0.3, -0.25) is 14.9 Å². The van der Waals surface area contributed by atoms with Crippen molar-refractivity contribution in [3.63, 3.8) is 0 Å². The van der Waals surface area contributed by atoms with Gasteiger partial charge in [0.25, 0.3) is 0 Å². The second kappa shape index (κ2) is 6.20. The monoisotopic (exact) mass is 349 g/mol. The maximum Gasteiger partial charge on any atom is 0.232 e. The summed E-state index contributed by atoms with van der Waals surface area (Å²) in [7, 11) is 0. The number of rotatable bonds is 3. The number of amides is 2. The summed E-state index contributed by atoms with van der Waals surface area (Å²) < 4.78 is 0. The van der Waals surface area contributed by atoms with E-state index < -0.39 is 18.1 Å². The lowest BCUT2D eigenvalue weighted by molar-refractivity contribution is -0.128. The molecule has 3 N–H and O–H groups in total. The normalized spacial score (nSPS) is 42.0. The number of hydrogen-bond acceptors (Lipinski definition) is 4. The van der Waals surface area contributed by atoms with E-state index in [0.29, 0.717) is 12.3 Å². The lowest BCUT2D eigenvalue weighted by Crippen LogP contribution is -2.53. The van der Waals surface area contributed by atoms with Crippen LogP contribution in [0.1, 0.15) is 59.3 Å². The van der Waals surface area contributed by atoms with E-state index in [4.69, 9.17) is 0 Å². The second-order valence-electron chi connectivity index (χ2n) is 9.31. The molecule has 1 saturated heterocycles. The lowest BCUT2D eigenvalue weighted by Gasteiger charge is -2.59. The molecular weight excluding hydrogens is 318 g/mol. The number of aliphatic hydroxyl groups excluding tert-OH is 2. The molecule has 0 bridgehead atoms. The third kappa shape index (κ3) is 3.06. The third-order valence-electron chi connectivity index (χ3n) is 7.35. The molecule has 2 aliphatic carbocycles. The number of carbonyl (C=O) groups is 2. The van der Waals surface area contributed by atoms with Crippen LogP contribution in [-0.4, -0.2) is 34.2 Å². The van der Waals surface area contributed by atoms with Gasteiger partial charge in [0.15, 0.2) is 0 Å². The summed E-state index contributed by atoms with van der Waals surface area (Å²) in [5.41, 5.74) is 0.872. The van der Waals surface area contributed by atoms with Gasteiger partial charge in [-0.05, 0) is 53.9 Å². The molecule has 1 aliphatic heterocycles. The molecule has 0 aromatic carbocycles. The highest BCUT2D eigenvalue weighted by molar-refractivity contribution is 6.03. The number of fused-ring (bicyclic) bond motifs is 1. The quantitative estimate of drug-likeness (QED) is 0.538. The van der Waals surface area contributed by atoms with E-state index in [1.54, 1.807) is 0 Å². The lowest BCUT2D eigenvalue weighted by atomic mass is 9.46. The standard InChI is InChI=1S/C20H31NO4/c1-11-13(9-15(23)12-8-17(24)21-18(12)25)20(4)7-5-6-19(2,3)16(20)10-14(11)22/h12-16,22-23H,1,5-10H2,2-4H3,(H,21,24,25)/t12-,13+,14-,15+,16+,20-/m1/s1. The van der Waals surface area contributed by atoms with Crippen LogP contribution in [0.4, 0.5) is 0 Å². The Kier molecular flexibility index (Phi) is 4.61. The molecule has 25 heavy (non-hydrogen) atoms. The number of imide groups is 1. The number of carbonyl (C=O) groups excluding carboxylic acids is 2. The van der Waals surface area contributed by atoms with E-state index in [9.17, 15) is 19.8 Å². The van der Waals surface area contributed by atoms with E-state index in [1.165, 1.54) is 0 Å². The molecule has 3 aliphatic rings. The van der Waals surface area contributed by atoms with E-state index in [1.807, 2.05) is 0 Å². The van der Waals surface area contributed by atoms with Crippen molar-refractivity contribution in [2.75, 3.05) is 0 Å². The van der Waals surface area contributed by atoms with Crippen LogP contribution in [0.5, 0.6) is 0 Å². The van der Waals surface area contributed by atoms with Crippen LogP contribution >= 0.6 is 0 Å². The third-order valence-corrected chi connectivity index (χ3v) is 7.35. The Labute approximate surface area is 149 Å². The first kappa shape index (κ1) is 18.6. The number of nitrogens with one attached hydrogen (secondary N) is 1. The first-order chi connectivity index (χ1) is 11.6. The molecule has 2 saturated carbocycles. The average molecular weight is 349 g/mol. The van der Waals surface area contributed by atoms with E-state index >= 15 is 0 Å². The smallest absolute Gasteiger partial charge is 0.232 e. The van der Waals surface area contributed by atoms with Gasteiger partial charge in [0.2, 0.25) is 11.8 Å². The van der Waals surface area contributed by atoms with Crippen LogP contribution < -0.4 is 5.32 Å². The Morgan fingerprint density at radius 1 is 1.28 bits per heavy atom. The van der Waals surface area contributed by atoms with Crippen LogP contribution in [0.3, 0.4) is 0 Å². The van der Waals surface area contributed by atoms with Gasteiger partial charge in [0, 0.05) is 6.42 Å². The van der Waals surface area contributed by atoms with Crippen LogP contribution in [0.25, 0.3) is 0 Å². The van der Waals surface area contributed by atoms with Crippen molar-refractivity contribution >= 4 is 11.8 Å². The Morgan fingerprint density at radius 3 is 2.56 bits per heavy atom. The molecule has 0 radical (unpaired) electrons. The molecule has 0 aromatic rings. The molecule has 5 heteroatoms. The zero-order valence-electron chi connectivity index (χ0n) is 15.5. The molecule has 6 atom stereocenters. The van der Waals surface area contributed by atoms with Crippen LogP contribution in [0.2, 0.25) is 0 Å². The summed E-state index contributed by atoms with van der Waals surface area (Å²) in [5.74, 6) is -1.08. The van der Waals surface area contributed by atoms with Crippen molar-refractivity contribution in [1.82, 2.24) is 5.32 Å². The van der Waals surface area contributed by atoms with Gasteiger partial charge in [0.05, 0.1) is 18.1 Å². The fraction of sp³-hybridized carbons (Fsp3) is 0.800. The average Bonchev–Trinajstić information content (AvgIpc) is 2.85. The largest absolute Gasteiger partial charge is 0.392 e. The fourth-order valence-electron chi connectivity index (χ4n) is 5.91. The molecule has 1 heterocycles. The molecular formula is C20H31NO4. The molecule has 140 valence electrons. The van der Waals surface area contributed by atoms with Gasteiger partial charge in [-0.15, -0.1) is 0 Å². The van der Waals surface area contributed by atoms with Crippen LogP contribution in [-0.2, 0) is 9.59 Å². The summed E-state index contributed by atoms with van der Waals surface area (Å²) in [6.45, 7) is 10.9. The van der Waals surface area contributed by atoms with Crippen molar-refractivity contribution in [1.29, 1.82) is 0 Å². The summed E-state index contributed by atoms with van der Waals surface area (Å²) in [6, 6.07) is 0. The molecule has 2 amide bonds. The zero-order chi connectivity index (χ0) is 18.6. The topological polar surface area (TPSA) is 86.6 Å². The van der Waals surface area contributed by atoms with Crippen LogP contribution in [0.15, 0.2) is 12.2 Å². The summed E-state index contributed by atoms with van der Waals surface area (Å²) in [5, 5.41) is 23.6. The molecule has 3 fully saturated rings. The van der Waals surface area contributed by atoms with Crippen molar-refractivity contribution < 1.29 is 19.8 Å². The predicted octanol–water partition coefficient (Wildman–Crippen LogP) is 2.17. The van der Waals surface area contributed by atoms with Gasteiger partial charge in [0.1, 0.15) is 0 Å². The van der Waals surface area contributed by atoms with E-state index in [0.717, 1.165) is 31.3 Å². The summed E-state index contributed by atoms with van der Waals surface area (Å²) >= 11 is 0. The summed E-state index contributed by atoms with van der Waals surface area (Å²) in [6.07, 6.45) is 3.00. The van der Waals surface area contributed by atoms with Gasteiger partial charge >= 0.3 is 0 Å². The number of hydrogen-bond donors (Lipinski definition) is 3. The van der Waals surface area contributed by atoms with E-state index in [-0.39, 0.29) is 35.0 Å². The van der Waals surface area contributed by atoms with Gasteiger partial charge in [-0.2, -0.15) is 0 Å². The zero-order valence-corrected chi connectivity index (χ0v) is 15.5. The maximum absolute atomic E-state index is 11.9. The minimum atomic E-state index is -0.888. The maximum atomic E-state index is 11.9. The second-order valence-corrected chi connectivity index (χ2v) is 9.31. The predicted molar refractivity (Wildman–Crippen MR) is 94.4 cm³/mol. The first-order valence-electron chi connectivity index (χ1n) is 9.45. The Balaban J connectivity index is 1.86. The van der Waals surface area contributed by atoms with Crippen molar-refractivity contribution in [2.24, 2.45) is 28.6 Å². The highest BCUT2D eigenvalue weighted by Crippen LogP contribution is 2.61. The first-order valence-corrected chi connectivity index (χ1v) is 9.45. The highest BCUT2D eigenvalue weighted by Gasteiger charge is 2.55. The molecule has 3 rings (SSSR count). The van der Waals surface area contributed by atoms with Gasteiger partial charge in [-0.25, -0.2) is 0 Å². The fourth-order valence-corrected chi connectivity index (χ4v) is 5.91. The summed E-state index contributed by atoms with van der Waals surface area (Å²) in [4.78, 5) is 23.4. The Morgan fingerprint density at radius 2 is 1.96 bits per heavy atom. The molecule has 0 unspecified atom stereocenters. The Hall–Kier alpha value is -1.20. The highest BCUT2D eigenvalue weighted by atomic mass is 16.3. The van der Waals surface area contributed by atoms with Crippen LogP contribution in [0, 0.1) is 28.6 Å². The molecule has 0 aromatic heterocycles. The number of aliphatic hydroxyl groups is 2. The van der Waals surface area contributed by atoms with Gasteiger partial charge in [-0.1, -0.05) is 33.8 Å². The minimum Gasteiger partial charge on any atom is -0.392 e. The Bertz CT molecular complexity index is 599. The van der Waals surface area contributed by atoms with Gasteiger partial charge < -0.3 is 10.2 Å². The van der Waals surface area contributed by atoms with Crippen molar-refractivity contribution in [2.45, 2.75) is 71.5 Å². The molecule has 5 nitrogen and oxygen atoms in total. The van der Waals surface area contributed by atoms with Crippen molar-refractivity contribution in [3.05, 3.63) is 12.2 Å². The van der Waals surface area contributed by atoms with E-state index in [2.05, 4.69) is 32.7 Å². The SMILES string of the molecule is C=C1[C@H](O)C[C@H]2C(C)(C)CCC[C@]2(C)[C@H]1C[C@H](O)[C@H]1CC(=O)NC1=O. The molecule has 0 spiro atoms.